The summed E-state index contributed by atoms with van der Waals surface area (Å²) in [4.78, 5) is 0. The van der Waals surface area contributed by atoms with Crippen LogP contribution in [-0.2, 0) is 0 Å². The molecule has 1 saturated heterocycles. The Kier molecular flexibility index (Phi) is 4.76. The van der Waals surface area contributed by atoms with E-state index in [9.17, 15) is 30.6 Å². The molecule has 7 nitrogen and oxygen atoms in total. The van der Waals surface area contributed by atoms with E-state index in [0.29, 0.717) is 19.3 Å². The highest BCUT2D eigenvalue weighted by Gasteiger charge is 2.52. The number of hydrogen-bond acceptors (Lipinski definition) is 6. The predicted molar refractivity (Wildman–Crippen MR) is 75.9 cm³/mol. The predicted octanol–water partition coefficient (Wildman–Crippen LogP) is -2.36. The smallest absolute Gasteiger partial charge is 0.184 e. The molecule has 7 N–H and O–H groups in total. The molecule has 0 aromatic rings. The minimum absolute atomic E-state index is 0.140. The normalized spacial score (nSPS) is 56.5. The third-order valence-corrected chi connectivity index (χ3v) is 5.65. The molecule has 0 aromatic heterocycles. The lowest BCUT2D eigenvalue weighted by molar-refractivity contribution is -0.299. The highest BCUT2D eigenvalue weighted by molar-refractivity contribution is 4.97. The van der Waals surface area contributed by atoms with E-state index in [4.69, 9.17) is 0 Å². The summed E-state index contributed by atoms with van der Waals surface area (Å²) in [5.74, 6) is -0.348. The Morgan fingerprint density at radius 1 is 0.636 bits per heavy atom. The van der Waals surface area contributed by atoms with Gasteiger partial charge in [0.2, 0.25) is 0 Å². The Morgan fingerprint density at radius 2 is 1.27 bits per heavy atom. The first-order valence-electron chi connectivity index (χ1n) is 8.15. The van der Waals surface area contributed by atoms with Crippen LogP contribution in [0, 0.1) is 11.8 Å². The van der Waals surface area contributed by atoms with Crippen LogP contribution in [0.5, 0.6) is 0 Å². The van der Waals surface area contributed by atoms with Gasteiger partial charge in [0.25, 0.3) is 0 Å². The van der Waals surface area contributed by atoms with Crippen LogP contribution in [0.1, 0.15) is 32.1 Å². The van der Waals surface area contributed by atoms with Crippen molar-refractivity contribution in [1.29, 1.82) is 0 Å². The first-order valence-corrected chi connectivity index (χ1v) is 8.15. The molecule has 3 rings (SSSR count). The highest BCUT2D eigenvalue weighted by atomic mass is 16.5. The summed E-state index contributed by atoms with van der Waals surface area (Å²) >= 11 is 0. The van der Waals surface area contributed by atoms with E-state index in [1.807, 2.05) is 0 Å². The summed E-state index contributed by atoms with van der Waals surface area (Å²) in [6.07, 6.45) is -4.01. The lowest BCUT2D eigenvalue weighted by Gasteiger charge is -2.46. The monoisotopic (exact) mass is 319 g/mol. The Morgan fingerprint density at radius 3 is 1.91 bits per heavy atom. The summed E-state index contributed by atoms with van der Waals surface area (Å²) < 4.78 is 4.63. The molecule has 8 atom stereocenters. The van der Waals surface area contributed by atoms with Crippen LogP contribution in [0.25, 0.3) is 0 Å². The fourth-order valence-corrected chi connectivity index (χ4v) is 4.45. The molecule has 22 heavy (non-hydrogen) atoms. The van der Waals surface area contributed by atoms with Gasteiger partial charge in [0.1, 0.15) is 12.2 Å². The van der Waals surface area contributed by atoms with E-state index in [1.54, 1.807) is 0 Å². The molecule has 0 aromatic carbocycles. The van der Waals surface area contributed by atoms with Gasteiger partial charge in [-0.25, -0.2) is 0 Å². The molecule has 1 heterocycles. The van der Waals surface area contributed by atoms with Gasteiger partial charge < -0.3 is 35.4 Å². The number of fused-ring (bicyclic) bond motifs is 1. The summed E-state index contributed by atoms with van der Waals surface area (Å²) in [6, 6.07) is 0. The molecule has 2 aliphatic carbocycles. The van der Waals surface area contributed by atoms with Crippen LogP contribution in [0.15, 0.2) is 0 Å². The third-order valence-electron chi connectivity index (χ3n) is 5.65. The fourth-order valence-electron chi connectivity index (χ4n) is 4.45. The summed E-state index contributed by atoms with van der Waals surface area (Å²) in [5.41, 5.74) is 0. The number of rotatable bonds is 1. The van der Waals surface area contributed by atoms with Gasteiger partial charge in [0.05, 0.1) is 30.3 Å². The SMILES string of the molecule is OC1CC(O)C2CC(O)C(C3CC(O)C(O)C(O)C3)[OH+]C2C1. The zero-order chi connectivity index (χ0) is 16.0. The quantitative estimate of drug-likeness (QED) is 0.299. The van der Waals surface area contributed by atoms with Gasteiger partial charge >= 0.3 is 0 Å². The first-order chi connectivity index (χ1) is 10.4. The van der Waals surface area contributed by atoms with Crippen molar-refractivity contribution in [3.8, 4) is 0 Å². The molecule has 1 aliphatic heterocycles. The van der Waals surface area contributed by atoms with Crippen molar-refractivity contribution in [2.24, 2.45) is 11.8 Å². The number of hydrogen-bond donors (Lipinski definition) is 6. The highest BCUT2D eigenvalue weighted by Crippen LogP contribution is 2.40. The van der Waals surface area contributed by atoms with Crippen LogP contribution in [-0.4, -0.2) is 84.2 Å². The summed E-state index contributed by atoms with van der Waals surface area (Å²) in [5, 5.41) is 59.6. The molecule has 128 valence electrons. The van der Waals surface area contributed by atoms with Crippen molar-refractivity contribution in [3.05, 3.63) is 0 Å². The van der Waals surface area contributed by atoms with Gasteiger partial charge in [0, 0.05) is 18.8 Å². The van der Waals surface area contributed by atoms with Gasteiger partial charge in [-0.1, -0.05) is 0 Å². The zero-order valence-electron chi connectivity index (χ0n) is 12.4. The Balaban J connectivity index is 1.70. The van der Waals surface area contributed by atoms with Gasteiger partial charge in [-0.3, -0.25) is 0 Å². The average Bonchev–Trinajstić information content (AvgIpc) is 2.44. The molecular weight excluding hydrogens is 292 g/mol. The second-order valence-electron chi connectivity index (χ2n) is 7.22. The van der Waals surface area contributed by atoms with Crippen molar-refractivity contribution in [1.82, 2.24) is 0 Å². The van der Waals surface area contributed by atoms with E-state index in [0.717, 1.165) is 0 Å². The maximum absolute atomic E-state index is 10.4. The molecule has 0 radical (unpaired) electrons. The minimum Gasteiger partial charge on any atom is -0.427 e. The summed E-state index contributed by atoms with van der Waals surface area (Å²) in [6.45, 7) is 0. The van der Waals surface area contributed by atoms with Gasteiger partial charge in [0.15, 0.2) is 12.2 Å². The van der Waals surface area contributed by atoms with E-state index >= 15 is 0 Å². The maximum atomic E-state index is 10.4. The molecule has 7 heteroatoms. The zero-order valence-corrected chi connectivity index (χ0v) is 12.4. The van der Waals surface area contributed by atoms with Crippen LogP contribution in [0.3, 0.4) is 0 Å². The van der Waals surface area contributed by atoms with Crippen molar-refractivity contribution >= 4 is 0 Å². The fraction of sp³-hybridized carbons (Fsp3) is 1.00. The van der Waals surface area contributed by atoms with Crippen molar-refractivity contribution in [2.75, 3.05) is 0 Å². The average molecular weight is 319 g/mol. The summed E-state index contributed by atoms with van der Waals surface area (Å²) in [7, 11) is 0. The maximum Gasteiger partial charge on any atom is 0.184 e. The topological polar surface area (TPSA) is 134 Å². The van der Waals surface area contributed by atoms with Crippen LogP contribution in [0.4, 0.5) is 0 Å². The van der Waals surface area contributed by atoms with Crippen molar-refractivity contribution < 1.29 is 35.4 Å². The molecule has 3 aliphatic rings. The molecule has 8 unspecified atom stereocenters. The van der Waals surface area contributed by atoms with Crippen LogP contribution >= 0.6 is 0 Å². The second-order valence-corrected chi connectivity index (χ2v) is 7.22. The van der Waals surface area contributed by atoms with E-state index in [2.05, 4.69) is 4.74 Å². The molecule has 0 bridgehead atoms. The number of aliphatic hydroxyl groups is 8. The third kappa shape index (κ3) is 3.03. The van der Waals surface area contributed by atoms with E-state index in [1.165, 1.54) is 0 Å². The van der Waals surface area contributed by atoms with Gasteiger partial charge in [-0.15, -0.1) is 0 Å². The Labute approximate surface area is 129 Å². The molecule has 0 amide bonds. The number of aliphatic hydroxyl groups excluding tert-OH is 6. The minimum atomic E-state index is -1.15. The van der Waals surface area contributed by atoms with E-state index in [-0.39, 0.29) is 30.8 Å². The second kappa shape index (κ2) is 6.32. The number of ether oxygens (including phenoxy) is 1. The standard InChI is InChI=1S/C15H26O7/c16-7-3-9(17)8-5-12(20)15(22-13(8)4-7)6-1-10(18)14(21)11(19)2-6/h6-21H,1-5H2/p+1. The largest absolute Gasteiger partial charge is 0.427 e. The lowest BCUT2D eigenvalue weighted by atomic mass is 9.72. The molecular formula is C15H27O7+. The van der Waals surface area contributed by atoms with Crippen molar-refractivity contribution in [3.63, 3.8) is 0 Å². The molecule has 2 saturated carbocycles. The van der Waals surface area contributed by atoms with Gasteiger partial charge in [-0.2, -0.15) is 0 Å². The Hall–Kier alpha value is -0.280. The lowest BCUT2D eigenvalue weighted by Crippen LogP contribution is -2.59. The first kappa shape index (κ1) is 16.6. The van der Waals surface area contributed by atoms with Crippen LogP contribution < -0.4 is 0 Å². The van der Waals surface area contributed by atoms with Gasteiger partial charge in [-0.05, 0) is 19.3 Å². The molecule has 0 spiro atoms. The van der Waals surface area contributed by atoms with Crippen LogP contribution in [0.2, 0.25) is 0 Å². The van der Waals surface area contributed by atoms with Crippen molar-refractivity contribution in [2.45, 2.75) is 80.9 Å². The molecule has 3 fully saturated rings. The van der Waals surface area contributed by atoms with E-state index < -0.39 is 42.7 Å². The Bertz CT molecular complexity index is 380.